The van der Waals surface area contributed by atoms with Crippen LogP contribution >= 0.6 is 0 Å². The van der Waals surface area contributed by atoms with Crippen molar-refractivity contribution in [3.05, 3.63) is 72.9 Å². The Kier molecular flexibility index (Phi) is 35.5. The molecule has 0 spiro atoms. The molecule has 13 heteroatoms. The van der Waals surface area contributed by atoms with E-state index in [1.807, 2.05) is 6.08 Å². The number of allylic oxidation sites excluding steroid dienone is 12. The molecule has 0 aliphatic carbocycles. The minimum Gasteiger partial charge on any atom is -0.462 e. The monoisotopic (exact) mass is 895 g/mol. The van der Waals surface area contributed by atoms with E-state index < -0.39 is 71.2 Å². The van der Waals surface area contributed by atoms with Gasteiger partial charge in [0.15, 0.2) is 12.4 Å². The lowest BCUT2D eigenvalue weighted by atomic mass is 10.00. The Morgan fingerprint density at radius 3 is 1.60 bits per heavy atom. The Morgan fingerprint density at radius 1 is 0.565 bits per heavy atom. The fourth-order valence-electron chi connectivity index (χ4n) is 6.66. The van der Waals surface area contributed by atoms with Crippen LogP contribution in [0.25, 0.3) is 0 Å². The molecule has 0 bridgehead atoms. The number of hydrogen-bond donors (Lipinski definition) is 4. The Bertz CT molecular complexity index is 1420. The van der Waals surface area contributed by atoms with Gasteiger partial charge in [0.05, 0.1) is 6.61 Å². The molecule has 0 aromatic heterocycles. The van der Waals surface area contributed by atoms with Crippen LogP contribution in [-0.4, -0.2) is 96.0 Å². The fraction of sp³-hybridized carbons (Fsp3) is 0.714. The van der Waals surface area contributed by atoms with Gasteiger partial charge in [-0.15, -0.1) is 0 Å². The number of rotatable bonds is 38. The molecule has 62 heavy (non-hydrogen) atoms. The van der Waals surface area contributed by atoms with Crippen molar-refractivity contribution in [3.63, 3.8) is 0 Å². The van der Waals surface area contributed by atoms with Crippen LogP contribution in [0, 0.1) is 0 Å². The van der Waals surface area contributed by atoms with Gasteiger partial charge >= 0.3 is 11.9 Å². The summed E-state index contributed by atoms with van der Waals surface area (Å²) in [5, 5.41) is 30.9. The zero-order valence-electron chi connectivity index (χ0n) is 37.9. The Hall–Kier alpha value is -2.91. The molecular formula is C49H82O12S. The van der Waals surface area contributed by atoms with Crippen molar-refractivity contribution in [2.24, 2.45) is 0 Å². The smallest absolute Gasteiger partial charge is 0.306 e. The molecule has 1 fully saturated rings. The van der Waals surface area contributed by atoms with Gasteiger partial charge in [0.25, 0.3) is 10.1 Å². The van der Waals surface area contributed by atoms with Gasteiger partial charge in [0, 0.05) is 12.8 Å². The molecule has 0 aromatic carbocycles. The number of unbranched alkanes of at least 4 members (excludes halogenated alkanes) is 14. The molecule has 1 aliphatic heterocycles. The lowest BCUT2D eigenvalue weighted by Gasteiger charge is -2.40. The van der Waals surface area contributed by atoms with E-state index in [9.17, 15) is 37.9 Å². The third-order valence-electron chi connectivity index (χ3n) is 10.3. The summed E-state index contributed by atoms with van der Waals surface area (Å²) in [6.45, 7) is 3.58. The van der Waals surface area contributed by atoms with Gasteiger partial charge in [-0.25, -0.2) is 0 Å². The molecule has 1 rings (SSSR count). The van der Waals surface area contributed by atoms with Crippen molar-refractivity contribution in [2.45, 2.75) is 205 Å². The van der Waals surface area contributed by atoms with E-state index in [4.69, 9.17) is 18.9 Å². The van der Waals surface area contributed by atoms with E-state index >= 15 is 0 Å². The number of aliphatic hydroxyl groups is 3. The van der Waals surface area contributed by atoms with Gasteiger partial charge in [0.2, 0.25) is 0 Å². The van der Waals surface area contributed by atoms with Crippen LogP contribution < -0.4 is 0 Å². The summed E-state index contributed by atoms with van der Waals surface area (Å²) in [5.74, 6) is -2.09. The number of esters is 2. The Morgan fingerprint density at radius 2 is 1.05 bits per heavy atom. The molecule has 12 nitrogen and oxygen atoms in total. The van der Waals surface area contributed by atoms with Gasteiger partial charge < -0.3 is 34.3 Å². The zero-order chi connectivity index (χ0) is 45.5. The maximum absolute atomic E-state index is 12.8. The van der Waals surface area contributed by atoms with E-state index in [2.05, 4.69) is 80.7 Å². The van der Waals surface area contributed by atoms with Crippen LogP contribution in [0.15, 0.2) is 72.9 Å². The quantitative estimate of drug-likeness (QED) is 0.0199. The predicted molar refractivity (Wildman–Crippen MR) is 247 cm³/mol. The molecular weight excluding hydrogens is 813 g/mol. The second-order valence-electron chi connectivity index (χ2n) is 16.0. The van der Waals surface area contributed by atoms with E-state index in [1.165, 1.54) is 64.2 Å². The number of carbonyl (C=O) groups is 2. The molecule has 0 radical (unpaired) electrons. The largest absolute Gasteiger partial charge is 0.462 e. The molecule has 1 heterocycles. The lowest BCUT2D eigenvalue weighted by Crippen LogP contribution is -2.60. The average Bonchev–Trinajstić information content (AvgIpc) is 3.24. The second-order valence-corrected chi connectivity index (χ2v) is 17.5. The summed E-state index contributed by atoms with van der Waals surface area (Å²) in [4.78, 5) is 25.4. The number of hydrogen-bond acceptors (Lipinski definition) is 11. The topological polar surface area (TPSA) is 186 Å². The summed E-state index contributed by atoms with van der Waals surface area (Å²) in [6.07, 6.45) is 39.6. The molecule has 2 unspecified atom stereocenters. The summed E-state index contributed by atoms with van der Waals surface area (Å²) in [6, 6.07) is 0. The minimum absolute atomic E-state index is 0.0704. The number of aliphatic hydroxyl groups excluding tert-OH is 3. The third kappa shape index (κ3) is 32.7. The van der Waals surface area contributed by atoms with Crippen molar-refractivity contribution in [2.75, 3.05) is 19.0 Å². The first-order valence-electron chi connectivity index (χ1n) is 23.5. The maximum Gasteiger partial charge on any atom is 0.306 e. The third-order valence-corrected chi connectivity index (χ3v) is 11.0. The van der Waals surface area contributed by atoms with Crippen LogP contribution in [-0.2, 0) is 38.7 Å². The highest BCUT2D eigenvalue weighted by Crippen LogP contribution is 2.24. The van der Waals surface area contributed by atoms with Gasteiger partial charge in [0.1, 0.15) is 36.8 Å². The molecule has 0 aromatic rings. The molecule has 0 saturated carbocycles. The van der Waals surface area contributed by atoms with E-state index in [-0.39, 0.29) is 19.4 Å². The van der Waals surface area contributed by atoms with Gasteiger partial charge in [-0.2, -0.15) is 8.42 Å². The molecule has 1 saturated heterocycles. The standard InChI is InChI=1S/C49H82O12S/c1-3-5-7-9-11-13-15-17-19-20-21-22-24-25-27-29-31-33-35-37-44(50)58-39-42(40-59-49-48(54)47(53)46(52)43(61-49)41-62(55,56)57)60-45(51)38-36-34-32-30-28-26-23-18-16-14-12-10-8-6-4-2/h5,7,11,13,17,19,21-22,25,27,32,34,42-43,46-49,52-54H,3-4,6,8-10,12,14-16,18,20,23-24,26,28-31,33,35-41H2,1-2H3,(H,55,56,57)/b7-5+,13-11+,19-17+,22-21+,27-25+,34-32+/t42-,43-,46-,47?,48?,49+/m1/s1. The summed E-state index contributed by atoms with van der Waals surface area (Å²) in [5.41, 5.74) is 0. The minimum atomic E-state index is -4.61. The Labute approximate surface area is 374 Å². The van der Waals surface area contributed by atoms with Crippen LogP contribution in [0.2, 0.25) is 0 Å². The molecule has 0 amide bonds. The van der Waals surface area contributed by atoms with Crippen LogP contribution in [0.4, 0.5) is 0 Å². The maximum atomic E-state index is 12.8. The highest BCUT2D eigenvalue weighted by Gasteiger charge is 2.46. The molecule has 1 aliphatic rings. The summed E-state index contributed by atoms with van der Waals surface area (Å²) in [7, 11) is -4.61. The first-order valence-corrected chi connectivity index (χ1v) is 25.1. The Balaban J connectivity index is 2.48. The summed E-state index contributed by atoms with van der Waals surface area (Å²) >= 11 is 0. The van der Waals surface area contributed by atoms with Crippen molar-refractivity contribution < 1.29 is 56.8 Å². The fourth-order valence-corrected chi connectivity index (χ4v) is 7.35. The zero-order valence-corrected chi connectivity index (χ0v) is 38.8. The predicted octanol–water partition coefficient (Wildman–Crippen LogP) is 9.89. The van der Waals surface area contributed by atoms with Gasteiger partial charge in [-0.1, -0.05) is 157 Å². The normalized spacial score (nSPS) is 20.5. The average molecular weight is 895 g/mol. The second kappa shape index (κ2) is 38.5. The highest BCUT2D eigenvalue weighted by molar-refractivity contribution is 7.85. The first-order chi connectivity index (χ1) is 30.0. The number of ether oxygens (including phenoxy) is 4. The SMILES string of the molecule is CC/C=C/C/C=C/C/C=C/C/C=C/C/C=C/CCCCCC(=O)OC[C@H](CO[C@H]1O[C@H](CS(=O)(=O)O)[C@@H](O)C(O)C1O)OC(=O)CC/C=C/CCCCCCCCCCCCC. The van der Waals surface area contributed by atoms with Crippen LogP contribution in [0.3, 0.4) is 0 Å². The van der Waals surface area contributed by atoms with E-state index in [0.29, 0.717) is 12.8 Å². The molecule has 4 N–H and O–H groups in total. The molecule has 356 valence electrons. The highest BCUT2D eigenvalue weighted by atomic mass is 32.2. The number of carbonyl (C=O) groups excluding carboxylic acids is 2. The van der Waals surface area contributed by atoms with Crippen LogP contribution in [0.1, 0.15) is 168 Å². The van der Waals surface area contributed by atoms with Crippen LogP contribution in [0.5, 0.6) is 0 Å². The first kappa shape index (κ1) is 57.1. The summed E-state index contributed by atoms with van der Waals surface area (Å²) < 4.78 is 54.0. The van der Waals surface area contributed by atoms with Gasteiger partial charge in [-0.3, -0.25) is 14.1 Å². The van der Waals surface area contributed by atoms with E-state index in [0.717, 1.165) is 64.2 Å². The van der Waals surface area contributed by atoms with Gasteiger partial charge in [-0.05, 0) is 70.6 Å². The van der Waals surface area contributed by atoms with Crippen molar-refractivity contribution >= 4 is 22.1 Å². The van der Waals surface area contributed by atoms with Crippen molar-refractivity contribution in [1.82, 2.24) is 0 Å². The van der Waals surface area contributed by atoms with E-state index in [1.54, 1.807) is 0 Å². The van der Waals surface area contributed by atoms with Crippen molar-refractivity contribution in [1.29, 1.82) is 0 Å². The van der Waals surface area contributed by atoms with Crippen molar-refractivity contribution in [3.8, 4) is 0 Å². The lowest BCUT2D eigenvalue weighted by molar-refractivity contribution is -0.297. The molecule has 6 atom stereocenters.